The Bertz CT molecular complexity index is 512. The minimum absolute atomic E-state index is 0.0646. The van der Waals surface area contributed by atoms with Crippen LogP contribution in [-0.2, 0) is 12.8 Å². The van der Waals surface area contributed by atoms with E-state index in [0.29, 0.717) is 6.54 Å². The van der Waals surface area contributed by atoms with E-state index in [2.05, 4.69) is 21.2 Å². The highest BCUT2D eigenvalue weighted by Gasteiger charge is 2.27. The number of rotatable bonds is 4. The summed E-state index contributed by atoms with van der Waals surface area (Å²) in [4.78, 5) is 4.47. The smallest absolute Gasteiger partial charge is 0.191 e. The van der Waals surface area contributed by atoms with Gasteiger partial charge in [-0.3, -0.25) is 5.10 Å². The SMILES string of the molecule is NCCCc1nc(C2Cc3ccccc3O2)n[nH]1. The van der Waals surface area contributed by atoms with Gasteiger partial charge in [0.05, 0.1) is 0 Å². The molecule has 3 N–H and O–H groups in total. The van der Waals surface area contributed by atoms with Crippen molar-refractivity contribution in [3.05, 3.63) is 41.5 Å². The topological polar surface area (TPSA) is 76.8 Å². The fourth-order valence-electron chi connectivity index (χ4n) is 2.16. The van der Waals surface area contributed by atoms with E-state index in [0.717, 1.165) is 36.7 Å². The molecule has 0 radical (unpaired) electrons. The summed E-state index contributed by atoms with van der Waals surface area (Å²) in [7, 11) is 0. The largest absolute Gasteiger partial charge is 0.482 e. The molecule has 94 valence electrons. The van der Waals surface area contributed by atoms with Gasteiger partial charge in [0.15, 0.2) is 11.9 Å². The molecular formula is C13H16N4O. The van der Waals surface area contributed by atoms with Gasteiger partial charge in [0.1, 0.15) is 11.6 Å². The quantitative estimate of drug-likeness (QED) is 0.851. The first-order chi connectivity index (χ1) is 8.86. The third-order valence-electron chi connectivity index (χ3n) is 3.10. The molecule has 1 unspecified atom stereocenters. The van der Waals surface area contributed by atoms with Crippen LogP contribution in [0.15, 0.2) is 24.3 Å². The lowest BCUT2D eigenvalue weighted by molar-refractivity contribution is 0.228. The van der Waals surface area contributed by atoms with Crippen LogP contribution in [-0.4, -0.2) is 21.7 Å². The van der Waals surface area contributed by atoms with Crippen molar-refractivity contribution in [2.75, 3.05) is 6.54 Å². The summed E-state index contributed by atoms with van der Waals surface area (Å²) in [5, 5.41) is 7.18. The summed E-state index contributed by atoms with van der Waals surface area (Å²) in [6, 6.07) is 8.07. The number of nitrogens with zero attached hydrogens (tertiary/aromatic N) is 2. The minimum Gasteiger partial charge on any atom is -0.482 e. The van der Waals surface area contributed by atoms with Gasteiger partial charge < -0.3 is 10.5 Å². The Hall–Kier alpha value is -1.88. The molecule has 1 atom stereocenters. The summed E-state index contributed by atoms with van der Waals surface area (Å²) in [5.74, 6) is 2.56. The Morgan fingerprint density at radius 3 is 3.11 bits per heavy atom. The molecule has 5 nitrogen and oxygen atoms in total. The van der Waals surface area contributed by atoms with Gasteiger partial charge in [-0.25, -0.2) is 4.98 Å². The van der Waals surface area contributed by atoms with Crippen LogP contribution in [0.5, 0.6) is 5.75 Å². The fourth-order valence-corrected chi connectivity index (χ4v) is 2.16. The number of nitrogens with one attached hydrogen (secondary N) is 1. The van der Waals surface area contributed by atoms with Crippen LogP contribution in [0.4, 0.5) is 0 Å². The van der Waals surface area contributed by atoms with Crippen LogP contribution >= 0.6 is 0 Å². The third kappa shape index (κ3) is 2.09. The first kappa shape index (κ1) is 11.2. The molecule has 2 heterocycles. The van der Waals surface area contributed by atoms with Gasteiger partial charge in [-0.2, -0.15) is 5.10 Å². The molecule has 1 aromatic heterocycles. The second kappa shape index (κ2) is 4.78. The van der Waals surface area contributed by atoms with Crippen LogP contribution in [0.3, 0.4) is 0 Å². The molecule has 1 aromatic carbocycles. The Morgan fingerprint density at radius 2 is 2.28 bits per heavy atom. The second-order valence-electron chi connectivity index (χ2n) is 4.45. The number of aromatic nitrogens is 3. The normalized spacial score (nSPS) is 17.5. The van der Waals surface area contributed by atoms with Gasteiger partial charge in [0.25, 0.3) is 0 Å². The van der Waals surface area contributed by atoms with Gasteiger partial charge in [0, 0.05) is 12.8 Å². The van der Waals surface area contributed by atoms with Gasteiger partial charge in [-0.1, -0.05) is 18.2 Å². The first-order valence-electron chi connectivity index (χ1n) is 6.22. The van der Waals surface area contributed by atoms with Gasteiger partial charge in [-0.05, 0) is 24.6 Å². The van der Waals surface area contributed by atoms with Crippen LogP contribution in [0, 0.1) is 0 Å². The maximum atomic E-state index is 5.84. The van der Waals surface area contributed by atoms with Crippen LogP contribution in [0.2, 0.25) is 0 Å². The summed E-state index contributed by atoms with van der Waals surface area (Å²) in [5.41, 5.74) is 6.69. The van der Waals surface area contributed by atoms with E-state index < -0.39 is 0 Å². The van der Waals surface area contributed by atoms with E-state index in [-0.39, 0.29) is 6.10 Å². The van der Waals surface area contributed by atoms with E-state index in [4.69, 9.17) is 10.5 Å². The zero-order valence-electron chi connectivity index (χ0n) is 10.1. The van der Waals surface area contributed by atoms with Crippen molar-refractivity contribution in [2.45, 2.75) is 25.4 Å². The molecule has 5 heteroatoms. The summed E-state index contributed by atoms with van der Waals surface area (Å²) >= 11 is 0. The standard InChI is InChI=1S/C13H16N4O/c14-7-3-6-12-15-13(17-16-12)11-8-9-4-1-2-5-10(9)18-11/h1-2,4-5,11H,3,6-8,14H2,(H,15,16,17). The molecule has 3 rings (SSSR count). The van der Waals surface area contributed by atoms with E-state index in [1.165, 1.54) is 5.56 Å². The Labute approximate surface area is 105 Å². The zero-order chi connectivity index (χ0) is 12.4. The van der Waals surface area contributed by atoms with Crippen molar-refractivity contribution < 1.29 is 4.74 Å². The maximum Gasteiger partial charge on any atom is 0.191 e. The summed E-state index contributed by atoms with van der Waals surface area (Å²) in [6.07, 6.45) is 2.53. The van der Waals surface area contributed by atoms with Gasteiger partial charge in [0.2, 0.25) is 0 Å². The minimum atomic E-state index is -0.0646. The highest BCUT2D eigenvalue weighted by Crippen LogP contribution is 2.34. The molecule has 0 amide bonds. The number of fused-ring (bicyclic) bond motifs is 1. The number of nitrogens with two attached hydrogens (primary N) is 1. The second-order valence-corrected chi connectivity index (χ2v) is 4.45. The Balaban J connectivity index is 1.72. The molecule has 1 aliphatic heterocycles. The van der Waals surface area contributed by atoms with Crippen LogP contribution in [0.25, 0.3) is 0 Å². The molecule has 0 saturated heterocycles. The lowest BCUT2D eigenvalue weighted by atomic mass is 10.1. The van der Waals surface area contributed by atoms with Crippen molar-refractivity contribution in [1.82, 2.24) is 15.2 Å². The molecule has 18 heavy (non-hydrogen) atoms. The zero-order valence-corrected chi connectivity index (χ0v) is 10.1. The molecule has 0 spiro atoms. The van der Waals surface area contributed by atoms with Crippen LogP contribution < -0.4 is 10.5 Å². The average Bonchev–Trinajstić information content (AvgIpc) is 3.02. The number of ether oxygens (including phenoxy) is 1. The average molecular weight is 244 g/mol. The predicted molar refractivity (Wildman–Crippen MR) is 67.3 cm³/mol. The molecule has 2 aromatic rings. The fraction of sp³-hybridized carbons (Fsp3) is 0.385. The third-order valence-corrected chi connectivity index (χ3v) is 3.10. The highest BCUT2D eigenvalue weighted by atomic mass is 16.5. The van der Waals surface area contributed by atoms with E-state index >= 15 is 0 Å². The van der Waals surface area contributed by atoms with Crippen LogP contribution in [0.1, 0.15) is 29.7 Å². The van der Waals surface area contributed by atoms with E-state index in [1.807, 2.05) is 18.2 Å². The van der Waals surface area contributed by atoms with Crippen molar-refractivity contribution in [3.8, 4) is 5.75 Å². The number of hydrogen-bond acceptors (Lipinski definition) is 4. The van der Waals surface area contributed by atoms with Crippen molar-refractivity contribution >= 4 is 0 Å². The highest BCUT2D eigenvalue weighted by molar-refractivity contribution is 5.37. The van der Waals surface area contributed by atoms with E-state index in [9.17, 15) is 0 Å². The molecule has 0 fully saturated rings. The number of benzene rings is 1. The number of hydrogen-bond donors (Lipinski definition) is 2. The Kier molecular flexibility index (Phi) is 2.98. The van der Waals surface area contributed by atoms with Crippen molar-refractivity contribution in [2.24, 2.45) is 5.73 Å². The van der Waals surface area contributed by atoms with Gasteiger partial charge >= 0.3 is 0 Å². The lowest BCUT2D eigenvalue weighted by Gasteiger charge is -2.05. The van der Waals surface area contributed by atoms with E-state index in [1.54, 1.807) is 0 Å². The summed E-state index contributed by atoms with van der Waals surface area (Å²) in [6.45, 7) is 0.668. The molecule has 0 bridgehead atoms. The van der Waals surface area contributed by atoms with Crippen molar-refractivity contribution in [1.29, 1.82) is 0 Å². The molecule has 0 aliphatic carbocycles. The predicted octanol–water partition coefficient (Wildman–Crippen LogP) is 1.37. The number of H-pyrrole nitrogens is 1. The first-order valence-corrected chi connectivity index (χ1v) is 6.22. The molecule has 0 saturated carbocycles. The summed E-state index contributed by atoms with van der Waals surface area (Å²) < 4.78 is 5.84. The van der Waals surface area contributed by atoms with Crippen molar-refractivity contribution in [3.63, 3.8) is 0 Å². The molecular weight excluding hydrogens is 228 g/mol. The number of para-hydroxylation sites is 1. The lowest BCUT2D eigenvalue weighted by Crippen LogP contribution is -2.05. The number of aryl methyl sites for hydroxylation is 1. The van der Waals surface area contributed by atoms with Gasteiger partial charge in [-0.15, -0.1) is 0 Å². The maximum absolute atomic E-state index is 5.84. The Morgan fingerprint density at radius 1 is 1.39 bits per heavy atom. The molecule has 1 aliphatic rings. The number of aromatic amines is 1. The monoisotopic (exact) mass is 244 g/mol.